The largest absolute Gasteiger partial charge is 0.465 e. The standard InChI is InChI=1S/C20H22N4O5/c25-19(22-16-4-2-1-3-5-16)15-6-7-17(24(28)29)18(12-15)23-10-8-14(9-11-23)13-21-20(26)27/h1-7,12,14,21H,8-11,13H2,(H,22,25)(H,26,27). The minimum atomic E-state index is -1.06. The summed E-state index contributed by atoms with van der Waals surface area (Å²) in [7, 11) is 0. The van der Waals surface area contributed by atoms with Crippen LogP contribution in [0.5, 0.6) is 0 Å². The second-order valence-electron chi connectivity index (χ2n) is 6.90. The molecular formula is C20H22N4O5. The Morgan fingerprint density at radius 2 is 1.83 bits per heavy atom. The Morgan fingerprint density at radius 1 is 1.14 bits per heavy atom. The number of nitrogens with one attached hydrogen (secondary N) is 2. The molecule has 3 N–H and O–H groups in total. The highest BCUT2D eigenvalue weighted by molar-refractivity contribution is 6.05. The van der Waals surface area contributed by atoms with Gasteiger partial charge >= 0.3 is 6.09 Å². The molecule has 0 bridgehead atoms. The SMILES string of the molecule is O=C(O)NCC1CCN(c2cc(C(=O)Nc3ccccc3)ccc2[N+](=O)[O-])CC1. The van der Waals surface area contributed by atoms with Crippen molar-refractivity contribution >= 4 is 29.1 Å². The van der Waals surface area contributed by atoms with Crippen molar-refractivity contribution in [1.82, 2.24) is 5.32 Å². The van der Waals surface area contributed by atoms with Crippen LogP contribution in [0.15, 0.2) is 48.5 Å². The zero-order valence-corrected chi connectivity index (χ0v) is 15.7. The third-order valence-corrected chi connectivity index (χ3v) is 4.96. The van der Waals surface area contributed by atoms with Crippen LogP contribution in [0.3, 0.4) is 0 Å². The predicted octanol–water partition coefficient (Wildman–Crippen LogP) is 3.33. The molecule has 1 aliphatic rings. The van der Waals surface area contributed by atoms with E-state index in [4.69, 9.17) is 5.11 Å². The van der Waals surface area contributed by atoms with Crippen molar-refractivity contribution in [1.29, 1.82) is 0 Å². The van der Waals surface area contributed by atoms with E-state index in [-0.39, 0.29) is 17.5 Å². The van der Waals surface area contributed by atoms with E-state index in [0.29, 0.717) is 49.4 Å². The molecule has 9 heteroatoms. The maximum Gasteiger partial charge on any atom is 0.404 e. The number of nitro groups is 1. The summed E-state index contributed by atoms with van der Waals surface area (Å²) in [5, 5.41) is 25.4. The molecule has 2 amide bonds. The first kappa shape index (κ1) is 20.1. The number of benzene rings is 2. The molecule has 2 aromatic carbocycles. The highest BCUT2D eigenvalue weighted by atomic mass is 16.6. The summed E-state index contributed by atoms with van der Waals surface area (Å²) >= 11 is 0. The van der Waals surface area contributed by atoms with E-state index >= 15 is 0 Å². The summed E-state index contributed by atoms with van der Waals surface area (Å²) in [5.74, 6) is -0.154. The van der Waals surface area contributed by atoms with E-state index in [0.717, 1.165) is 0 Å². The van der Waals surface area contributed by atoms with Gasteiger partial charge < -0.3 is 20.6 Å². The lowest BCUT2D eigenvalue weighted by molar-refractivity contribution is -0.384. The van der Waals surface area contributed by atoms with Gasteiger partial charge in [0, 0.05) is 37.0 Å². The number of carboxylic acid groups (broad SMARTS) is 1. The number of carbonyl (C=O) groups is 2. The second-order valence-corrected chi connectivity index (χ2v) is 6.90. The van der Waals surface area contributed by atoms with Gasteiger partial charge in [0.1, 0.15) is 5.69 Å². The fraction of sp³-hybridized carbons (Fsp3) is 0.300. The van der Waals surface area contributed by atoms with Crippen molar-refractivity contribution in [3.05, 3.63) is 64.2 Å². The number of carbonyl (C=O) groups excluding carboxylic acids is 1. The number of hydrogen-bond donors (Lipinski definition) is 3. The Morgan fingerprint density at radius 3 is 2.45 bits per heavy atom. The molecule has 0 radical (unpaired) electrons. The van der Waals surface area contributed by atoms with Crippen molar-refractivity contribution in [2.24, 2.45) is 5.92 Å². The van der Waals surface area contributed by atoms with Gasteiger partial charge in [-0.15, -0.1) is 0 Å². The molecule has 1 aliphatic heterocycles. The lowest BCUT2D eigenvalue weighted by atomic mass is 9.96. The normalized spacial score (nSPS) is 14.3. The van der Waals surface area contributed by atoms with Gasteiger partial charge in [-0.05, 0) is 43.0 Å². The van der Waals surface area contributed by atoms with Gasteiger partial charge in [0.05, 0.1) is 4.92 Å². The van der Waals surface area contributed by atoms with E-state index in [1.54, 1.807) is 30.3 Å². The van der Waals surface area contributed by atoms with Gasteiger partial charge in [0.25, 0.3) is 11.6 Å². The van der Waals surface area contributed by atoms with Crippen molar-refractivity contribution in [2.75, 3.05) is 29.9 Å². The zero-order valence-electron chi connectivity index (χ0n) is 15.7. The molecule has 2 aromatic rings. The monoisotopic (exact) mass is 398 g/mol. The van der Waals surface area contributed by atoms with E-state index in [2.05, 4.69) is 10.6 Å². The maximum atomic E-state index is 12.6. The van der Waals surface area contributed by atoms with Crippen LogP contribution in [0.2, 0.25) is 0 Å². The number of para-hydroxylation sites is 1. The Bertz CT molecular complexity index is 895. The molecule has 0 aromatic heterocycles. The molecule has 1 heterocycles. The van der Waals surface area contributed by atoms with Crippen LogP contribution in [-0.2, 0) is 0 Å². The summed E-state index contributed by atoms with van der Waals surface area (Å²) in [6.07, 6.45) is 0.357. The van der Waals surface area contributed by atoms with Crippen LogP contribution in [0, 0.1) is 16.0 Å². The fourth-order valence-electron chi connectivity index (χ4n) is 3.41. The summed E-state index contributed by atoms with van der Waals surface area (Å²) in [5.41, 5.74) is 1.33. The third kappa shape index (κ3) is 5.22. The molecule has 152 valence electrons. The van der Waals surface area contributed by atoms with Crippen molar-refractivity contribution in [2.45, 2.75) is 12.8 Å². The summed E-state index contributed by atoms with van der Waals surface area (Å²) in [6.45, 7) is 1.47. The molecule has 1 saturated heterocycles. The highest BCUT2D eigenvalue weighted by Gasteiger charge is 2.26. The first-order chi connectivity index (χ1) is 13.9. The van der Waals surface area contributed by atoms with Crippen molar-refractivity contribution in [3.8, 4) is 0 Å². The summed E-state index contributed by atoms with van der Waals surface area (Å²) < 4.78 is 0. The third-order valence-electron chi connectivity index (χ3n) is 4.96. The Balaban J connectivity index is 1.75. The van der Waals surface area contributed by atoms with Gasteiger partial charge in [0.15, 0.2) is 0 Å². The summed E-state index contributed by atoms with van der Waals surface area (Å²) in [4.78, 5) is 36.1. The van der Waals surface area contributed by atoms with E-state index in [1.165, 1.54) is 12.1 Å². The van der Waals surface area contributed by atoms with Gasteiger partial charge in [-0.2, -0.15) is 0 Å². The highest BCUT2D eigenvalue weighted by Crippen LogP contribution is 2.32. The quantitative estimate of drug-likeness (QED) is 0.506. The van der Waals surface area contributed by atoms with Crippen molar-refractivity contribution < 1.29 is 19.6 Å². The van der Waals surface area contributed by atoms with Crippen LogP contribution < -0.4 is 15.5 Å². The molecule has 0 saturated carbocycles. The number of nitrogens with zero attached hydrogens (tertiary/aromatic N) is 2. The lowest BCUT2D eigenvalue weighted by Gasteiger charge is -2.33. The Hall–Kier alpha value is -3.62. The predicted molar refractivity (Wildman–Crippen MR) is 108 cm³/mol. The number of rotatable bonds is 6. The molecule has 29 heavy (non-hydrogen) atoms. The number of hydrogen-bond acceptors (Lipinski definition) is 5. The number of piperidine rings is 1. The zero-order chi connectivity index (χ0) is 20.8. The smallest absolute Gasteiger partial charge is 0.404 e. The molecule has 0 aliphatic carbocycles. The fourth-order valence-corrected chi connectivity index (χ4v) is 3.41. The molecule has 0 unspecified atom stereocenters. The Labute approximate surface area is 167 Å². The molecular weight excluding hydrogens is 376 g/mol. The van der Waals surface area contributed by atoms with Crippen molar-refractivity contribution in [3.63, 3.8) is 0 Å². The second kappa shape index (κ2) is 9.05. The minimum absolute atomic E-state index is 0.0524. The van der Waals surface area contributed by atoms with Crippen LogP contribution in [-0.4, -0.2) is 41.7 Å². The van der Waals surface area contributed by atoms with Gasteiger partial charge in [-0.25, -0.2) is 4.79 Å². The topological polar surface area (TPSA) is 125 Å². The van der Waals surface area contributed by atoms with E-state index in [1.807, 2.05) is 11.0 Å². The average molecular weight is 398 g/mol. The molecule has 9 nitrogen and oxygen atoms in total. The first-order valence-corrected chi connectivity index (χ1v) is 9.30. The number of amides is 2. The van der Waals surface area contributed by atoms with E-state index in [9.17, 15) is 19.7 Å². The van der Waals surface area contributed by atoms with Gasteiger partial charge in [-0.3, -0.25) is 14.9 Å². The first-order valence-electron chi connectivity index (χ1n) is 9.30. The average Bonchev–Trinajstić information content (AvgIpc) is 2.73. The van der Waals surface area contributed by atoms with Crippen LogP contribution in [0.25, 0.3) is 0 Å². The van der Waals surface area contributed by atoms with Crippen LogP contribution >= 0.6 is 0 Å². The number of anilines is 2. The molecule has 3 rings (SSSR count). The molecule has 0 atom stereocenters. The molecule has 1 fully saturated rings. The maximum absolute atomic E-state index is 12.6. The van der Waals surface area contributed by atoms with E-state index < -0.39 is 11.0 Å². The lowest BCUT2D eigenvalue weighted by Crippen LogP contribution is -2.38. The Kier molecular flexibility index (Phi) is 6.28. The summed E-state index contributed by atoms with van der Waals surface area (Å²) in [6, 6.07) is 13.3. The van der Waals surface area contributed by atoms with Gasteiger partial charge in [-0.1, -0.05) is 18.2 Å². The minimum Gasteiger partial charge on any atom is -0.465 e. The van der Waals surface area contributed by atoms with Gasteiger partial charge in [0.2, 0.25) is 0 Å². The van der Waals surface area contributed by atoms with Crippen LogP contribution in [0.1, 0.15) is 23.2 Å². The van der Waals surface area contributed by atoms with Crippen LogP contribution in [0.4, 0.5) is 21.9 Å². The molecule has 0 spiro atoms. The number of nitro benzene ring substituents is 1.